The van der Waals surface area contributed by atoms with E-state index in [1.807, 2.05) is 13.0 Å². The summed E-state index contributed by atoms with van der Waals surface area (Å²) >= 11 is 0. The van der Waals surface area contributed by atoms with Crippen LogP contribution in [0.1, 0.15) is 11.4 Å². The molecule has 0 amide bonds. The Kier molecular flexibility index (Phi) is 5.56. The Morgan fingerprint density at radius 2 is 1.91 bits per heavy atom. The van der Waals surface area contributed by atoms with Gasteiger partial charge in [0.25, 0.3) is 0 Å². The molecular formula is C22H25FN8O2. The van der Waals surface area contributed by atoms with E-state index < -0.39 is 5.82 Å². The summed E-state index contributed by atoms with van der Waals surface area (Å²) in [5, 5.41) is 20.1. The van der Waals surface area contributed by atoms with Gasteiger partial charge in [0.2, 0.25) is 0 Å². The molecule has 4 aromatic rings. The number of rotatable bonds is 6. The third-order valence-electron chi connectivity index (χ3n) is 5.59. The van der Waals surface area contributed by atoms with Gasteiger partial charge in [0.1, 0.15) is 11.6 Å². The van der Waals surface area contributed by atoms with Crippen LogP contribution in [-0.2, 0) is 6.61 Å². The molecule has 11 heteroatoms. The monoisotopic (exact) mass is 452 g/mol. The van der Waals surface area contributed by atoms with Crippen LogP contribution in [0.15, 0.2) is 30.3 Å². The number of ether oxygens (including phenoxy) is 1. The lowest BCUT2D eigenvalue weighted by Crippen LogP contribution is -2.44. The largest absolute Gasteiger partial charge is 0.421 e. The zero-order valence-electron chi connectivity index (χ0n) is 18.4. The van der Waals surface area contributed by atoms with Crippen LogP contribution in [0.2, 0.25) is 0 Å². The van der Waals surface area contributed by atoms with Crippen LogP contribution in [0, 0.1) is 12.7 Å². The maximum absolute atomic E-state index is 14.7. The summed E-state index contributed by atoms with van der Waals surface area (Å²) in [7, 11) is 2.08. The number of nitrogens with zero attached hydrogens (tertiary/aromatic N) is 5. The number of halogens is 1. The zero-order chi connectivity index (χ0) is 22.9. The first kappa shape index (κ1) is 21.2. The number of aliphatic hydroxyl groups excluding tert-OH is 1. The minimum absolute atomic E-state index is 0.0253. The Labute approximate surface area is 189 Å². The number of fused-ring (bicyclic) bond motifs is 1. The highest BCUT2D eigenvalue weighted by Gasteiger charge is 2.19. The molecule has 172 valence electrons. The topological polar surface area (TPSA) is 118 Å². The van der Waals surface area contributed by atoms with Crippen molar-refractivity contribution in [1.82, 2.24) is 30.0 Å². The first-order valence-electron chi connectivity index (χ1n) is 10.7. The maximum atomic E-state index is 14.7. The number of nitrogens with one attached hydrogen (secondary N) is 3. The van der Waals surface area contributed by atoms with Crippen molar-refractivity contribution in [3.05, 3.63) is 47.5 Å². The second-order valence-electron chi connectivity index (χ2n) is 8.17. The summed E-state index contributed by atoms with van der Waals surface area (Å²) in [6.07, 6.45) is 0. The molecule has 0 radical (unpaired) electrons. The van der Waals surface area contributed by atoms with Crippen LogP contribution in [0.5, 0.6) is 11.8 Å². The molecule has 0 atom stereocenters. The molecule has 0 bridgehead atoms. The number of aromatic amines is 2. The standard InChI is InChI=1S/C22H25FN8O2/c1-13-7-14-8-18(16(23)10-17(14)24-13)33-22-26-19(25-20-9-15(12-32)28-29-20)11-21(27-22)31-5-3-30(2)4-6-31/h7-11,24,32H,3-6,12H2,1-2H3,(H2,25,26,27,28,29). The fourth-order valence-corrected chi connectivity index (χ4v) is 3.81. The van der Waals surface area contributed by atoms with Gasteiger partial charge < -0.3 is 29.9 Å². The van der Waals surface area contributed by atoms with E-state index in [0.717, 1.165) is 37.3 Å². The van der Waals surface area contributed by atoms with E-state index in [1.165, 1.54) is 6.07 Å². The molecule has 0 spiro atoms. The highest BCUT2D eigenvalue weighted by Crippen LogP contribution is 2.30. The van der Waals surface area contributed by atoms with Crippen LogP contribution in [0.25, 0.3) is 10.9 Å². The number of aliphatic hydroxyl groups is 1. The predicted octanol–water partition coefficient (Wildman–Crippen LogP) is 2.91. The molecular weight excluding hydrogens is 427 g/mol. The molecule has 0 unspecified atom stereocenters. The Morgan fingerprint density at radius 3 is 2.67 bits per heavy atom. The maximum Gasteiger partial charge on any atom is 0.326 e. The first-order chi connectivity index (χ1) is 16.0. The van der Waals surface area contributed by atoms with Crippen molar-refractivity contribution >= 4 is 28.4 Å². The molecule has 4 N–H and O–H groups in total. The zero-order valence-corrected chi connectivity index (χ0v) is 18.4. The number of aromatic nitrogens is 5. The summed E-state index contributed by atoms with van der Waals surface area (Å²) in [6.45, 7) is 5.16. The molecule has 5 rings (SSSR count). The highest BCUT2D eigenvalue weighted by molar-refractivity contribution is 5.82. The van der Waals surface area contributed by atoms with Crippen molar-refractivity contribution in [3.63, 3.8) is 0 Å². The van der Waals surface area contributed by atoms with Gasteiger partial charge in [0.05, 0.1) is 12.3 Å². The van der Waals surface area contributed by atoms with E-state index in [4.69, 9.17) is 4.74 Å². The Morgan fingerprint density at radius 1 is 1.09 bits per heavy atom. The fourth-order valence-electron chi connectivity index (χ4n) is 3.81. The van der Waals surface area contributed by atoms with Crippen molar-refractivity contribution < 1.29 is 14.2 Å². The average molecular weight is 452 g/mol. The molecule has 1 aliphatic rings. The second kappa shape index (κ2) is 8.68. The SMILES string of the molecule is Cc1cc2cc(Oc3nc(Nc4cc(CO)[nH]n4)cc(N4CCN(C)CC4)n3)c(F)cc2[nH]1. The minimum Gasteiger partial charge on any atom is -0.421 e. The lowest BCUT2D eigenvalue weighted by Gasteiger charge is -2.33. The number of aryl methyl sites for hydroxylation is 1. The lowest BCUT2D eigenvalue weighted by atomic mass is 10.2. The van der Waals surface area contributed by atoms with E-state index in [2.05, 4.69) is 47.3 Å². The van der Waals surface area contributed by atoms with Gasteiger partial charge in [-0.1, -0.05) is 0 Å². The summed E-state index contributed by atoms with van der Waals surface area (Å²) < 4.78 is 20.6. The van der Waals surface area contributed by atoms with Crippen molar-refractivity contribution in [2.24, 2.45) is 0 Å². The molecule has 4 heterocycles. The van der Waals surface area contributed by atoms with Gasteiger partial charge in [-0.3, -0.25) is 5.10 Å². The van der Waals surface area contributed by atoms with Crippen molar-refractivity contribution in [2.75, 3.05) is 43.4 Å². The Bertz CT molecular complexity index is 1280. The van der Waals surface area contributed by atoms with Crippen LogP contribution in [0.4, 0.5) is 21.8 Å². The summed E-state index contributed by atoms with van der Waals surface area (Å²) in [5.74, 6) is 1.15. The van der Waals surface area contributed by atoms with Gasteiger partial charge in [0, 0.05) is 61.0 Å². The third-order valence-corrected chi connectivity index (χ3v) is 5.59. The number of likely N-dealkylation sites (N-methyl/N-ethyl adjacent to an activating group) is 1. The van der Waals surface area contributed by atoms with Gasteiger partial charge in [-0.15, -0.1) is 0 Å². The van der Waals surface area contributed by atoms with E-state index >= 15 is 0 Å². The fraction of sp³-hybridized carbons (Fsp3) is 0.318. The highest BCUT2D eigenvalue weighted by atomic mass is 19.1. The van der Waals surface area contributed by atoms with Gasteiger partial charge >= 0.3 is 6.01 Å². The minimum atomic E-state index is -0.507. The number of H-pyrrole nitrogens is 2. The van der Waals surface area contributed by atoms with E-state index in [9.17, 15) is 9.50 Å². The predicted molar refractivity (Wildman–Crippen MR) is 123 cm³/mol. The van der Waals surface area contributed by atoms with E-state index in [1.54, 1.807) is 18.2 Å². The molecule has 3 aromatic heterocycles. The number of anilines is 3. The lowest BCUT2D eigenvalue weighted by molar-refractivity contribution is 0.276. The van der Waals surface area contributed by atoms with Gasteiger partial charge in [-0.25, -0.2) is 4.39 Å². The molecule has 1 aromatic carbocycles. The first-order valence-corrected chi connectivity index (χ1v) is 10.7. The smallest absolute Gasteiger partial charge is 0.326 e. The summed E-state index contributed by atoms with van der Waals surface area (Å²) in [5.41, 5.74) is 2.20. The quantitative estimate of drug-likeness (QED) is 0.353. The van der Waals surface area contributed by atoms with E-state index in [-0.39, 0.29) is 18.4 Å². The average Bonchev–Trinajstić information content (AvgIpc) is 3.39. The van der Waals surface area contributed by atoms with Gasteiger partial charge in [-0.05, 0) is 26.1 Å². The van der Waals surface area contributed by atoms with Crippen LogP contribution in [0.3, 0.4) is 0 Å². The van der Waals surface area contributed by atoms with Gasteiger partial charge in [0.15, 0.2) is 17.4 Å². The molecule has 0 aliphatic carbocycles. The molecule has 10 nitrogen and oxygen atoms in total. The molecule has 1 saturated heterocycles. The normalized spacial score (nSPS) is 14.7. The summed E-state index contributed by atoms with van der Waals surface area (Å²) in [4.78, 5) is 16.5. The van der Waals surface area contributed by atoms with Crippen LogP contribution in [-0.4, -0.2) is 68.4 Å². The number of hydrogen-bond donors (Lipinski definition) is 4. The van der Waals surface area contributed by atoms with E-state index in [0.29, 0.717) is 28.7 Å². The molecule has 1 aliphatic heterocycles. The number of hydrogen-bond acceptors (Lipinski definition) is 8. The number of benzene rings is 1. The van der Waals surface area contributed by atoms with Crippen molar-refractivity contribution in [2.45, 2.75) is 13.5 Å². The second-order valence-corrected chi connectivity index (χ2v) is 8.17. The van der Waals surface area contributed by atoms with Crippen LogP contribution < -0.4 is 15.0 Å². The molecule has 0 saturated carbocycles. The summed E-state index contributed by atoms with van der Waals surface area (Å²) in [6, 6.07) is 8.47. The number of piperazine rings is 1. The van der Waals surface area contributed by atoms with Crippen molar-refractivity contribution in [3.8, 4) is 11.8 Å². The van der Waals surface area contributed by atoms with Gasteiger partial charge in [-0.2, -0.15) is 15.1 Å². The van der Waals surface area contributed by atoms with Crippen LogP contribution >= 0.6 is 0 Å². The Hall–Kier alpha value is -3.70. The third kappa shape index (κ3) is 4.59. The van der Waals surface area contributed by atoms with Crippen molar-refractivity contribution in [1.29, 1.82) is 0 Å². The molecule has 33 heavy (non-hydrogen) atoms. The molecule has 1 fully saturated rings. The Balaban J connectivity index is 1.48.